The van der Waals surface area contributed by atoms with E-state index < -0.39 is 0 Å². The Balaban J connectivity index is 1.96. The van der Waals surface area contributed by atoms with Gasteiger partial charge in [0, 0.05) is 32.1 Å². The fraction of sp³-hybridized carbons (Fsp3) is 0.556. The number of carbonyl (C=O) groups is 1. The molecule has 1 aliphatic heterocycles. The van der Waals surface area contributed by atoms with Crippen molar-refractivity contribution in [2.75, 3.05) is 26.4 Å². The van der Waals surface area contributed by atoms with E-state index in [1.807, 2.05) is 0 Å². The fourth-order valence-electron chi connectivity index (χ4n) is 1.57. The number of nitrogens with zero attached hydrogens (tertiary/aromatic N) is 3. The van der Waals surface area contributed by atoms with Crippen molar-refractivity contribution in [1.29, 1.82) is 0 Å². The molecule has 1 aromatic heterocycles. The van der Waals surface area contributed by atoms with Gasteiger partial charge in [-0.1, -0.05) is 0 Å². The monoisotopic (exact) mass is 226 g/mol. The zero-order valence-corrected chi connectivity index (χ0v) is 9.67. The number of nitrogens with two attached hydrogens (primary N) is 1. The van der Waals surface area contributed by atoms with E-state index in [1.54, 1.807) is 19.0 Å². The van der Waals surface area contributed by atoms with E-state index in [9.17, 15) is 4.79 Å². The zero-order chi connectivity index (χ0) is 11.0. The molecule has 5 nitrogen and oxygen atoms in total. The first-order valence-corrected chi connectivity index (χ1v) is 5.54. The standard InChI is InChI=1S/C9H14N4OS/c1-12(2)8(14)5-13-3-6-7(4-13)15-9(10)11-6/h3-5H2,1-2H3,(H2,10,11). The molecule has 0 spiro atoms. The first-order valence-electron chi connectivity index (χ1n) is 4.73. The first-order chi connectivity index (χ1) is 7.06. The summed E-state index contributed by atoms with van der Waals surface area (Å²) >= 11 is 1.52. The fourth-order valence-corrected chi connectivity index (χ4v) is 2.45. The van der Waals surface area contributed by atoms with Gasteiger partial charge in [0.1, 0.15) is 0 Å². The van der Waals surface area contributed by atoms with Crippen LogP contribution in [-0.2, 0) is 17.9 Å². The number of rotatable bonds is 2. The van der Waals surface area contributed by atoms with Crippen molar-refractivity contribution in [2.24, 2.45) is 0 Å². The van der Waals surface area contributed by atoms with Gasteiger partial charge in [0.2, 0.25) is 5.91 Å². The van der Waals surface area contributed by atoms with Crippen LogP contribution in [0, 0.1) is 0 Å². The number of fused-ring (bicyclic) bond motifs is 1. The molecule has 0 saturated carbocycles. The van der Waals surface area contributed by atoms with Crippen LogP contribution in [0.4, 0.5) is 5.13 Å². The Morgan fingerprint density at radius 1 is 1.60 bits per heavy atom. The molecule has 1 aliphatic rings. The molecule has 2 heterocycles. The van der Waals surface area contributed by atoms with Crippen LogP contribution in [0.1, 0.15) is 10.6 Å². The largest absolute Gasteiger partial charge is 0.375 e. The average Bonchev–Trinajstić information content (AvgIpc) is 2.60. The highest BCUT2D eigenvalue weighted by Gasteiger charge is 2.24. The molecule has 0 aromatic carbocycles. The Bertz CT molecular complexity index is 364. The van der Waals surface area contributed by atoms with Gasteiger partial charge in [0.25, 0.3) is 0 Å². The highest BCUT2D eigenvalue weighted by molar-refractivity contribution is 7.15. The molecule has 0 fully saturated rings. The maximum Gasteiger partial charge on any atom is 0.236 e. The summed E-state index contributed by atoms with van der Waals surface area (Å²) in [5, 5.41) is 0.624. The molecule has 0 saturated heterocycles. The molecular formula is C9H14N4OS. The van der Waals surface area contributed by atoms with E-state index >= 15 is 0 Å². The average molecular weight is 226 g/mol. The molecule has 1 amide bonds. The summed E-state index contributed by atoms with van der Waals surface area (Å²) in [6.07, 6.45) is 0. The van der Waals surface area contributed by atoms with Crippen molar-refractivity contribution in [3.05, 3.63) is 10.6 Å². The molecule has 0 radical (unpaired) electrons. The number of anilines is 1. The number of thiazole rings is 1. The summed E-state index contributed by atoms with van der Waals surface area (Å²) in [5.74, 6) is 0.123. The highest BCUT2D eigenvalue weighted by atomic mass is 32.1. The van der Waals surface area contributed by atoms with Crippen LogP contribution >= 0.6 is 11.3 Å². The van der Waals surface area contributed by atoms with E-state index in [2.05, 4.69) is 9.88 Å². The van der Waals surface area contributed by atoms with Gasteiger partial charge in [-0.25, -0.2) is 4.98 Å². The van der Waals surface area contributed by atoms with Crippen molar-refractivity contribution >= 4 is 22.4 Å². The van der Waals surface area contributed by atoms with Crippen molar-refractivity contribution in [1.82, 2.24) is 14.8 Å². The van der Waals surface area contributed by atoms with Gasteiger partial charge in [-0.15, -0.1) is 11.3 Å². The molecule has 82 valence electrons. The lowest BCUT2D eigenvalue weighted by Gasteiger charge is -2.17. The third-order valence-corrected chi connectivity index (χ3v) is 3.30. The number of hydrogen-bond acceptors (Lipinski definition) is 5. The maximum absolute atomic E-state index is 11.5. The van der Waals surface area contributed by atoms with Gasteiger partial charge in [0.05, 0.1) is 12.2 Å². The summed E-state index contributed by atoms with van der Waals surface area (Å²) in [6.45, 7) is 1.99. The Morgan fingerprint density at radius 3 is 2.93 bits per heavy atom. The second-order valence-electron chi connectivity index (χ2n) is 3.86. The topological polar surface area (TPSA) is 62.5 Å². The summed E-state index contributed by atoms with van der Waals surface area (Å²) < 4.78 is 0. The molecule has 2 rings (SSSR count). The SMILES string of the molecule is CN(C)C(=O)CN1Cc2nc(N)sc2C1. The molecule has 15 heavy (non-hydrogen) atoms. The third-order valence-electron chi connectivity index (χ3n) is 2.39. The summed E-state index contributed by atoms with van der Waals surface area (Å²) in [4.78, 5) is 20.6. The molecule has 0 aliphatic carbocycles. The van der Waals surface area contributed by atoms with E-state index in [4.69, 9.17) is 5.73 Å². The molecular weight excluding hydrogens is 212 g/mol. The van der Waals surface area contributed by atoms with E-state index in [1.165, 1.54) is 16.2 Å². The van der Waals surface area contributed by atoms with E-state index in [-0.39, 0.29) is 5.91 Å². The minimum atomic E-state index is 0.123. The maximum atomic E-state index is 11.5. The van der Waals surface area contributed by atoms with Crippen LogP contribution < -0.4 is 5.73 Å². The predicted octanol–water partition coefficient (Wildman–Crippen LogP) is 0.129. The summed E-state index contributed by atoms with van der Waals surface area (Å²) in [5.41, 5.74) is 6.63. The molecule has 6 heteroatoms. The van der Waals surface area contributed by atoms with Crippen molar-refractivity contribution in [2.45, 2.75) is 13.1 Å². The smallest absolute Gasteiger partial charge is 0.236 e. The van der Waals surface area contributed by atoms with E-state index in [0.29, 0.717) is 11.7 Å². The quantitative estimate of drug-likeness (QED) is 0.778. The highest BCUT2D eigenvalue weighted by Crippen LogP contribution is 2.28. The third kappa shape index (κ3) is 2.10. The molecule has 2 N–H and O–H groups in total. The van der Waals surface area contributed by atoms with Gasteiger partial charge < -0.3 is 10.6 Å². The van der Waals surface area contributed by atoms with E-state index in [0.717, 1.165) is 18.8 Å². The van der Waals surface area contributed by atoms with Gasteiger partial charge in [-0.05, 0) is 0 Å². The van der Waals surface area contributed by atoms with Crippen LogP contribution in [0.3, 0.4) is 0 Å². The lowest BCUT2D eigenvalue weighted by atomic mass is 10.4. The molecule has 0 atom stereocenters. The zero-order valence-electron chi connectivity index (χ0n) is 8.86. The molecule has 0 bridgehead atoms. The molecule has 0 unspecified atom stereocenters. The summed E-state index contributed by atoms with van der Waals surface area (Å²) in [7, 11) is 3.54. The van der Waals surface area contributed by atoms with Crippen LogP contribution in [0.2, 0.25) is 0 Å². The van der Waals surface area contributed by atoms with Crippen LogP contribution in [0.15, 0.2) is 0 Å². The van der Waals surface area contributed by atoms with Crippen LogP contribution in [0.5, 0.6) is 0 Å². The van der Waals surface area contributed by atoms with Crippen LogP contribution in [0.25, 0.3) is 0 Å². The van der Waals surface area contributed by atoms with Gasteiger partial charge in [-0.2, -0.15) is 0 Å². The van der Waals surface area contributed by atoms with Gasteiger partial charge in [0.15, 0.2) is 5.13 Å². The predicted molar refractivity (Wildman–Crippen MR) is 59.3 cm³/mol. The number of likely N-dealkylation sites (N-methyl/N-ethyl adjacent to an activating group) is 1. The van der Waals surface area contributed by atoms with Gasteiger partial charge >= 0.3 is 0 Å². The lowest BCUT2D eigenvalue weighted by Crippen LogP contribution is -2.33. The van der Waals surface area contributed by atoms with Crippen molar-refractivity contribution in [3.8, 4) is 0 Å². The number of carbonyl (C=O) groups excluding carboxylic acids is 1. The summed E-state index contributed by atoms with van der Waals surface area (Å²) in [6, 6.07) is 0. The first kappa shape index (κ1) is 10.4. The number of amides is 1. The second kappa shape index (κ2) is 3.79. The van der Waals surface area contributed by atoms with Crippen molar-refractivity contribution in [3.63, 3.8) is 0 Å². The lowest BCUT2D eigenvalue weighted by molar-refractivity contribution is -0.130. The Labute approximate surface area is 92.5 Å². The minimum absolute atomic E-state index is 0.123. The minimum Gasteiger partial charge on any atom is -0.375 e. The Kier molecular flexibility index (Phi) is 2.62. The Hall–Kier alpha value is -1.14. The number of hydrogen-bond donors (Lipinski definition) is 1. The Morgan fingerprint density at radius 2 is 2.33 bits per heavy atom. The number of nitrogen functional groups attached to an aromatic ring is 1. The van der Waals surface area contributed by atoms with Crippen molar-refractivity contribution < 1.29 is 4.79 Å². The van der Waals surface area contributed by atoms with Crippen LogP contribution in [-0.4, -0.2) is 41.3 Å². The normalized spacial score (nSPS) is 15.3. The molecule has 1 aromatic rings. The number of aromatic nitrogens is 1. The van der Waals surface area contributed by atoms with Gasteiger partial charge in [-0.3, -0.25) is 9.69 Å². The second-order valence-corrected chi connectivity index (χ2v) is 4.97.